The Labute approximate surface area is 279 Å². The van der Waals surface area contributed by atoms with E-state index in [0.717, 1.165) is 26.4 Å². The lowest BCUT2D eigenvalue weighted by molar-refractivity contribution is -0.123. The molecule has 4 unspecified atom stereocenters. The summed E-state index contributed by atoms with van der Waals surface area (Å²) >= 11 is 12.2. The van der Waals surface area contributed by atoms with E-state index < -0.39 is 5.92 Å². The number of nitrogens with zero attached hydrogens (tertiary/aromatic N) is 1. The summed E-state index contributed by atoms with van der Waals surface area (Å²) in [6.45, 7) is -0.211. The molecule has 7 atom stereocenters. The number of halogens is 2. The summed E-state index contributed by atoms with van der Waals surface area (Å²) in [5.41, 5.74) is 2.07. The zero-order chi connectivity index (χ0) is 31.0. The molecule has 4 aliphatic rings. The highest BCUT2D eigenvalue weighted by atomic mass is 79.9. The monoisotopic (exact) mass is 721 g/mol. The molecule has 45 heavy (non-hydrogen) atoms. The van der Waals surface area contributed by atoms with Gasteiger partial charge in [-0.05, 0) is 78.8 Å². The van der Waals surface area contributed by atoms with Crippen molar-refractivity contribution in [2.45, 2.75) is 22.6 Å². The highest BCUT2D eigenvalue weighted by Crippen LogP contribution is 2.69. The molecule has 228 valence electrons. The standard InChI is InChI=1S/C33H25BrClN3O5S2/c34-15-5-11-18(12-6-15)38-31(40)26-20-13-21(27(26)32(38)41)28-25(20)24(29-30(44-28)37-33(42)45-29)19-3-1-2-4-22(19)43-14-23(39)36-17-9-7-16(35)8-10-17/h1-12,20-21,24-28H,13-14H2,(H,36,39)(H,37,42)/t20-,21-,24-,25?,26?,27?,28?/m1/s1. The van der Waals surface area contributed by atoms with E-state index in [-0.39, 0.29) is 64.0 Å². The van der Waals surface area contributed by atoms with Gasteiger partial charge in [-0.15, -0.1) is 11.8 Å². The van der Waals surface area contributed by atoms with Crippen molar-refractivity contribution in [3.63, 3.8) is 0 Å². The normalized spacial score (nSPS) is 27.7. The number of thiazole rings is 1. The van der Waals surface area contributed by atoms with Crippen LogP contribution < -0.4 is 19.8 Å². The van der Waals surface area contributed by atoms with Crippen molar-refractivity contribution in [1.82, 2.24) is 4.98 Å². The first-order valence-corrected chi connectivity index (χ1v) is 17.5. The first-order chi connectivity index (χ1) is 21.8. The summed E-state index contributed by atoms with van der Waals surface area (Å²) in [6.07, 6.45) is 0.783. The molecule has 4 aromatic rings. The molecule has 3 amide bonds. The number of hydrogen-bond donors (Lipinski definition) is 2. The van der Waals surface area contributed by atoms with Crippen LogP contribution in [0.25, 0.3) is 0 Å². The maximum Gasteiger partial charge on any atom is 0.305 e. The van der Waals surface area contributed by atoms with Gasteiger partial charge < -0.3 is 15.0 Å². The van der Waals surface area contributed by atoms with E-state index in [2.05, 4.69) is 26.2 Å². The molecule has 12 heteroatoms. The van der Waals surface area contributed by atoms with Crippen LogP contribution in [0, 0.1) is 29.6 Å². The smallest absolute Gasteiger partial charge is 0.305 e. The molecule has 3 fully saturated rings. The fraction of sp³-hybridized carbons (Fsp3) is 0.273. The Morgan fingerprint density at radius 1 is 0.978 bits per heavy atom. The summed E-state index contributed by atoms with van der Waals surface area (Å²) in [4.78, 5) is 58.6. The average Bonchev–Trinajstić information content (AvgIpc) is 3.77. The third-order valence-electron chi connectivity index (χ3n) is 9.55. The second-order valence-electron chi connectivity index (χ2n) is 11.8. The molecule has 1 saturated heterocycles. The predicted octanol–water partition coefficient (Wildman–Crippen LogP) is 6.55. The Morgan fingerprint density at radius 3 is 2.44 bits per heavy atom. The zero-order valence-electron chi connectivity index (χ0n) is 23.4. The molecule has 8 nitrogen and oxygen atoms in total. The molecule has 2 aliphatic carbocycles. The number of imide groups is 1. The number of hydrogen-bond acceptors (Lipinski definition) is 7. The summed E-state index contributed by atoms with van der Waals surface area (Å²) in [6, 6.07) is 21.7. The first-order valence-electron chi connectivity index (χ1n) is 14.6. The van der Waals surface area contributed by atoms with Gasteiger partial charge in [-0.25, -0.2) is 0 Å². The molecule has 3 heterocycles. The van der Waals surface area contributed by atoms with Crippen LogP contribution in [0.4, 0.5) is 11.4 Å². The molecule has 2 saturated carbocycles. The molecule has 0 spiro atoms. The van der Waals surface area contributed by atoms with Crippen LogP contribution in [0.3, 0.4) is 0 Å². The number of aromatic amines is 1. The maximum absolute atomic E-state index is 14.0. The number of benzene rings is 3. The van der Waals surface area contributed by atoms with Gasteiger partial charge in [0.05, 0.1) is 22.5 Å². The van der Waals surface area contributed by atoms with Crippen LogP contribution in [0.1, 0.15) is 22.8 Å². The molecule has 1 aromatic heterocycles. The lowest BCUT2D eigenvalue weighted by Gasteiger charge is -2.43. The minimum absolute atomic E-state index is 0.00387. The Morgan fingerprint density at radius 2 is 1.69 bits per heavy atom. The number of ether oxygens (including phenoxy) is 1. The molecule has 3 aromatic carbocycles. The van der Waals surface area contributed by atoms with Crippen molar-refractivity contribution in [2.24, 2.45) is 29.6 Å². The predicted molar refractivity (Wildman–Crippen MR) is 177 cm³/mol. The summed E-state index contributed by atoms with van der Waals surface area (Å²) in [7, 11) is 0. The number of rotatable bonds is 6. The molecule has 8 rings (SSSR count). The largest absolute Gasteiger partial charge is 0.483 e. The zero-order valence-corrected chi connectivity index (χ0v) is 27.4. The van der Waals surface area contributed by atoms with Gasteiger partial charge in [0.15, 0.2) is 6.61 Å². The number of para-hydroxylation sites is 1. The average molecular weight is 723 g/mol. The molecular weight excluding hydrogens is 698 g/mol. The third-order valence-corrected chi connectivity index (χ3v) is 12.9. The van der Waals surface area contributed by atoms with E-state index >= 15 is 0 Å². The van der Waals surface area contributed by atoms with Crippen LogP contribution >= 0.6 is 50.6 Å². The van der Waals surface area contributed by atoms with E-state index in [1.54, 1.807) is 48.2 Å². The van der Waals surface area contributed by atoms with Gasteiger partial charge in [0.1, 0.15) is 5.75 Å². The second-order valence-corrected chi connectivity index (χ2v) is 15.4. The lowest BCUT2D eigenvalue weighted by atomic mass is 9.68. The number of carbonyl (C=O) groups is 3. The van der Waals surface area contributed by atoms with Gasteiger partial charge in [0, 0.05) is 36.8 Å². The van der Waals surface area contributed by atoms with E-state index in [1.165, 1.54) is 16.2 Å². The van der Waals surface area contributed by atoms with Crippen LogP contribution in [-0.4, -0.2) is 34.6 Å². The fourth-order valence-corrected chi connectivity index (χ4v) is 11.2. The minimum atomic E-state index is -0.411. The number of H-pyrrole nitrogens is 1. The number of fused-ring (bicyclic) bond motifs is 9. The number of thioether (sulfide) groups is 1. The van der Waals surface area contributed by atoms with Gasteiger partial charge in [0.25, 0.3) is 5.91 Å². The van der Waals surface area contributed by atoms with Gasteiger partial charge in [-0.1, -0.05) is 57.1 Å². The van der Waals surface area contributed by atoms with Crippen molar-refractivity contribution >= 4 is 79.7 Å². The highest BCUT2D eigenvalue weighted by Gasteiger charge is 2.69. The first kappa shape index (κ1) is 29.1. The van der Waals surface area contributed by atoms with Crippen molar-refractivity contribution in [2.75, 3.05) is 16.8 Å². The number of anilines is 2. The number of amides is 3. The van der Waals surface area contributed by atoms with Crippen LogP contribution in [0.2, 0.25) is 5.02 Å². The van der Waals surface area contributed by atoms with Crippen molar-refractivity contribution < 1.29 is 19.1 Å². The molecule has 0 radical (unpaired) electrons. The molecule has 2 bridgehead atoms. The Balaban J connectivity index is 1.12. The Hall–Kier alpha value is -3.38. The van der Waals surface area contributed by atoms with Crippen molar-refractivity contribution in [3.8, 4) is 5.75 Å². The second kappa shape index (κ2) is 11.2. The molecule has 2 aliphatic heterocycles. The van der Waals surface area contributed by atoms with Gasteiger partial charge >= 0.3 is 4.87 Å². The SMILES string of the molecule is O=C(COc1ccccc1[C@H]1c2sc(=O)[nH]c2SC2C1[C@H]1C[C@@H]2C2C(=O)N(c3ccc(Br)cc3)C(=O)C21)Nc1ccc(Cl)cc1. The molecular formula is C33H25BrClN3O5S2. The third kappa shape index (κ3) is 4.78. The summed E-state index contributed by atoms with van der Waals surface area (Å²) < 4.78 is 7.02. The van der Waals surface area contributed by atoms with Crippen LogP contribution in [0.5, 0.6) is 5.75 Å². The maximum atomic E-state index is 14.0. The van der Waals surface area contributed by atoms with Gasteiger partial charge in [0.2, 0.25) is 11.8 Å². The van der Waals surface area contributed by atoms with Crippen LogP contribution in [0.15, 0.2) is 87.1 Å². The number of nitrogens with one attached hydrogen (secondary N) is 2. The van der Waals surface area contributed by atoms with E-state index in [1.807, 2.05) is 36.4 Å². The van der Waals surface area contributed by atoms with E-state index in [0.29, 0.717) is 22.1 Å². The number of aromatic nitrogens is 1. The van der Waals surface area contributed by atoms with E-state index in [9.17, 15) is 19.2 Å². The van der Waals surface area contributed by atoms with Gasteiger partial charge in [-0.3, -0.25) is 24.1 Å². The summed E-state index contributed by atoms with van der Waals surface area (Å²) in [5, 5.41) is 4.26. The van der Waals surface area contributed by atoms with Crippen molar-refractivity contribution in [3.05, 3.63) is 102 Å². The topological polar surface area (TPSA) is 109 Å². The minimum Gasteiger partial charge on any atom is -0.483 e. The van der Waals surface area contributed by atoms with Crippen LogP contribution in [-0.2, 0) is 14.4 Å². The Bertz CT molecular complexity index is 1910. The fourth-order valence-electron chi connectivity index (χ4n) is 7.95. The Kier molecular flexibility index (Phi) is 7.20. The molecule has 2 N–H and O–H groups in total. The van der Waals surface area contributed by atoms with Gasteiger partial charge in [-0.2, -0.15) is 0 Å². The quantitative estimate of drug-likeness (QED) is 0.219. The highest BCUT2D eigenvalue weighted by molar-refractivity contribution is 9.10. The summed E-state index contributed by atoms with van der Waals surface area (Å²) in [5.74, 6) is -1.08. The number of carbonyl (C=O) groups excluding carboxylic acids is 3. The van der Waals surface area contributed by atoms with E-state index in [4.69, 9.17) is 16.3 Å². The van der Waals surface area contributed by atoms with Crippen molar-refractivity contribution in [1.29, 1.82) is 0 Å². The lowest BCUT2D eigenvalue weighted by Crippen LogP contribution is -2.42.